The highest BCUT2D eigenvalue weighted by Gasteiger charge is 2.08. The van der Waals surface area contributed by atoms with Crippen molar-refractivity contribution in [3.8, 4) is 0 Å². The minimum Gasteiger partial charge on any atom is -0.497 e. The van der Waals surface area contributed by atoms with Crippen molar-refractivity contribution < 1.29 is 4.74 Å². The number of nitrogens with zero attached hydrogens (tertiary/aromatic N) is 2. The highest BCUT2D eigenvalue weighted by Crippen LogP contribution is 2.12. The number of hydrazine groups is 1. The van der Waals surface area contributed by atoms with E-state index in [4.69, 9.17) is 10.6 Å². The van der Waals surface area contributed by atoms with E-state index < -0.39 is 0 Å². The van der Waals surface area contributed by atoms with Crippen LogP contribution in [0.3, 0.4) is 0 Å². The van der Waals surface area contributed by atoms with Crippen molar-refractivity contribution in [3.05, 3.63) is 41.2 Å². The molecule has 16 heavy (non-hydrogen) atoms. The third kappa shape index (κ3) is 5.43. The monoisotopic (exact) mass is 225 g/mol. The van der Waals surface area contributed by atoms with Gasteiger partial charge in [0.1, 0.15) is 11.5 Å². The molecule has 0 rings (SSSR count). The summed E-state index contributed by atoms with van der Waals surface area (Å²) in [6.45, 7) is 10.4. The standard InChI is InChI=1S/C11H19N3O2/c1-5-6-14(12)8-11(10(3)16-4)7-9(2)13-15/h7H,2-3,5-6,8,12H2,1,4H3/b11-7+. The van der Waals surface area contributed by atoms with Crippen LogP contribution in [0.25, 0.3) is 0 Å². The molecule has 2 N–H and O–H groups in total. The molecular weight excluding hydrogens is 206 g/mol. The smallest absolute Gasteiger partial charge is 0.116 e. The SMILES string of the molecule is C=C(/C=C(\CN(N)CCC)C(=C)OC)N=O. The predicted molar refractivity (Wildman–Crippen MR) is 65.2 cm³/mol. The van der Waals surface area contributed by atoms with Crippen molar-refractivity contribution in [2.24, 2.45) is 11.0 Å². The molecule has 0 aliphatic heterocycles. The van der Waals surface area contributed by atoms with Crippen LogP contribution in [0.1, 0.15) is 13.3 Å². The first-order valence-corrected chi connectivity index (χ1v) is 5.00. The Morgan fingerprint density at radius 3 is 2.62 bits per heavy atom. The van der Waals surface area contributed by atoms with Gasteiger partial charge in [0, 0.05) is 18.7 Å². The van der Waals surface area contributed by atoms with Gasteiger partial charge in [-0.1, -0.05) is 20.1 Å². The number of hydrogen-bond acceptors (Lipinski definition) is 5. The zero-order valence-corrected chi connectivity index (χ0v) is 9.90. The van der Waals surface area contributed by atoms with E-state index >= 15 is 0 Å². The minimum absolute atomic E-state index is 0.123. The van der Waals surface area contributed by atoms with Gasteiger partial charge in [0.15, 0.2) is 0 Å². The molecule has 0 amide bonds. The summed E-state index contributed by atoms with van der Waals surface area (Å²) >= 11 is 0. The molecule has 0 saturated carbocycles. The number of nitroso groups, excluding NO2 is 1. The maximum absolute atomic E-state index is 10.3. The Morgan fingerprint density at radius 1 is 1.56 bits per heavy atom. The first-order valence-electron chi connectivity index (χ1n) is 5.00. The molecule has 5 heteroatoms. The van der Waals surface area contributed by atoms with Gasteiger partial charge in [-0.15, -0.1) is 4.91 Å². The third-order valence-electron chi connectivity index (χ3n) is 1.95. The van der Waals surface area contributed by atoms with Crippen LogP contribution in [0.4, 0.5) is 0 Å². The largest absolute Gasteiger partial charge is 0.497 e. The molecule has 90 valence electrons. The lowest BCUT2D eigenvalue weighted by Crippen LogP contribution is -2.34. The van der Waals surface area contributed by atoms with Crippen molar-refractivity contribution >= 4 is 0 Å². The summed E-state index contributed by atoms with van der Waals surface area (Å²) < 4.78 is 5.01. The average Bonchev–Trinajstić information content (AvgIpc) is 2.27. The molecule has 0 aliphatic carbocycles. The van der Waals surface area contributed by atoms with Gasteiger partial charge in [-0.3, -0.25) is 5.84 Å². The van der Waals surface area contributed by atoms with Crippen molar-refractivity contribution in [3.63, 3.8) is 0 Å². The van der Waals surface area contributed by atoms with Crippen LogP contribution in [-0.2, 0) is 4.74 Å². The second-order valence-electron chi connectivity index (χ2n) is 3.35. The number of hydrogen-bond donors (Lipinski definition) is 1. The Morgan fingerprint density at radius 2 is 2.19 bits per heavy atom. The molecular formula is C11H19N3O2. The fraction of sp³-hybridized carbons (Fsp3) is 0.455. The molecule has 0 bridgehead atoms. The first kappa shape index (κ1) is 14.5. The van der Waals surface area contributed by atoms with Gasteiger partial charge in [-0.2, -0.15) is 0 Å². The second-order valence-corrected chi connectivity index (χ2v) is 3.35. The molecule has 0 saturated heterocycles. The van der Waals surface area contributed by atoms with E-state index in [1.807, 2.05) is 6.92 Å². The molecule has 0 atom stereocenters. The maximum atomic E-state index is 10.3. The van der Waals surface area contributed by atoms with Crippen molar-refractivity contribution in [1.29, 1.82) is 0 Å². The second kappa shape index (κ2) is 7.78. The van der Waals surface area contributed by atoms with Gasteiger partial charge in [0.05, 0.1) is 7.11 Å². The summed E-state index contributed by atoms with van der Waals surface area (Å²) in [5, 5.41) is 4.34. The van der Waals surface area contributed by atoms with E-state index in [1.165, 1.54) is 13.2 Å². The highest BCUT2D eigenvalue weighted by atomic mass is 16.5. The van der Waals surface area contributed by atoms with E-state index in [-0.39, 0.29) is 5.70 Å². The molecule has 0 radical (unpaired) electrons. The van der Waals surface area contributed by atoms with Crippen molar-refractivity contribution in [1.82, 2.24) is 5.01 Å². The van der Waals surface area contributed by atoms with E-state index in [2.05, 4.69) is 18.3 Å². The molecule has 5 nitrogen and oxygen atoms in total. The maximum Gasteiger partial charge on any atom is 0.116 e. The van der Waals surface area contributed by atoms with Gasteiger partial charge in [0.25, 0.3) is 0 Å². The quantitative estimate of drug-likeness (QED) is 0.225. The molecule has 0 fully saturated rings. The van der Waals surface area contributed by atoms with Crippen LogP contribution in [-0.4, -0.2) is 25.2 Å². The van der Waals surface area contributed by atoms with Crippen molar-refractivity contribution in [2.45, 2.75) is 13.3 Å². The van der Waals surface area contributed by atoms with Crippen LogP contribution in [0.5, 0.6) is 0 Å². The summed E-state index contributed by atoms with van der Waals surface area (Å²) in [6, 6.07) is 0. The first-order chi connectivity index (χ1) is 7.54. The van der Waals surface area contributed by atoms with Gasteiger partial charge in [0.2, 0.25) is 0 Å². The predicted octanol–water partition coefficient (Wildman–Crippen LogP) is 1.94. The van der Waals surface area contributed by atoms with Crippen LogP contribution in [0.2, 0.25) is 0 Å². The van der Waals surface area contributed by atoms with Crippen molar-refractivity contribution in [2.75, 3.05) is 20.2 Å². The highest BCUT2D eigenvalue weighted by molar-refractivity contribution is 5.32. The lowest BCUT2D eigenvalue weighted by atomic mass is 10.2. The molecule has 0 spiro atoms. The van der Waals surface area contributed by atoms with E-state index in [9.17, 15) is 4.91 Å². The van der Waals surface area contributed by atoms with Gasteiger partial charge < -0.3 is 4.74 Å². The summed E-state index contributed by atoms with van der Waals surface area (Å²) in [5.74, 6) is 6.21. The fourth-order valence-electron chi connectivity index (χ4n) is 1.16. The summed E-state index contributed by atoms with van der Waals surface area (Å²) in [5.41, 5.74) is 0.821. The zero-order chi connectivity index (χ0) is 12.6. The number of rotatable bonds is 8. The lowest BCUT2D eigenvalue weighted by Gasteiger charge is -2.18. The zero-order valence-electron chi connectivity index (χ0n) is 9.90. The molecule has 0 heterocycles. The van der Waals surface area contributed by atoms with E-state index in [0.717, 1.165) is 13.0 Å². The molecule has 0 aromatic carbocycles. The van der Waals surface area contributed by atoms with Gasteiger partial charge >= 0.3 is 0 Å². The molecule has 0 aliphatic rings. The number of ether oxygens (including phenoxy) is 1. The Kier molecular flexibility index (Phi) is 7.07. The van der Waals surface area contributed by atoms with Crippen LogP contribution >= 0.6 is 0 Å². The minimum atomic E-state index is 0.123. The third-order valence-corrected chi connectivity index (χ3v) is 1.95. The normalized spacial score (nSPS) is 11.4. The Hall–Kier alpha value is -1.46. The summed E-state index contributed by atoms with van der Waals surface area (Å²) in [6.07, 6.45) is 2.46. The number of allylic oxidation sites excluding steroid dienone is 1. The summed E-state index contributed by atoms with van der Waals surface area (Å²) in [4.78, 5) is 10.3. The average molecular weight is 225 g/mol. The van der Waals surface area contributed by atoms with Crippen LogP contribution < -0.4 is 5.84 Å². The molecule has 0 aromatic rings. The Bertz CT molecular complexity index is 298. The van der Waals surface area contributed by atoms with Crippen LogP contribution in [0, 0.1) is 4.91 Å². The Balaban J connectivity index is 4.68. The van der Waals surface area contributed by atoms with Gasteiger partial charge in [-0.25, -0.2) is 5.01 Å². The van der Waals surface area contributed by atoms with Gasteiger partial charge in [-0.05, 0) is 17.7 Å². The Labute approximate surface area is 96.2 Å². The molecule has 0 aromatic heterocycles. The lowest BCUT2D eigenvalue weighted by molar-refractivity contribution is 0.272. The molecule has 0 unspecified atom stereocenters. The number of methoxy groups -OCH3 is 1. The fourth-order valence-corrected chi connectivity index (χ4v) is 1.16. The van der Waals surface area contributed by atoms with E-state index in [0.29, 0.717) is 17.9 Å². The number of nitrogens with two attached hydrogens (primary N) is 1. The topological polar surface area (TPSA) is 67.9 Å². The summed E-state index contributed by atoms with van der Waals surface area (Å²) in [7, 11) is 1.51. The van der Waals surface area contributed by atoms with E-state index in [1.54, 1.807) is 5.01 Å². The van der Waals surface area contributed by atoms with Crippen LogP contribution in [0.15, 0.2) is 41.4 Å².